The van der Waals surface area contributed by atoms with Gasteiger partial charge in [0.25, 0.3) is 0 Å². The number of sulfonamides is 1. The van der Waals surface area contributed by atoms with Crippen molar-refractivity contribution >= 4 is 33.2 Å². The standard InChI is InChI=1S/C14H14Cl2N2O2S/c1-10-12-5-3-7-17(12)8-9-18(10)21(19,20)13-6-2-4-11(15)14(13)16/h2-7,10H,8-9H2,1H3. The molecule has 1 unspecified atom stereocenters. The molecular weight excluding hydrogens is 331 g/mol. The molecule has 0 aliphatic carbocycles. The highest BCUT2D eigenvalue weighted by Crippen LogP contribution is 2.35. The Kier molecular flexibility index (Phi) is 3.78. The number of fused-ring (bicyclic) bond motifs is 1. The van der Waals surface area contributed by atoms with Crippen molar-refractivity contribution in [1.82, 2.24) is 8.87 Å². The molecule has 1 aliphatic heterocycles. The first-order valence-electron chi connectivity index (χ1n) is 6.54. The van der Waals surface area contributed by atoms with Gasteiger partial charge >= 0.3 is 0 Å². The first-order chi connectivity index (χ1) is 9.93. The molecule has 1 atom stereocenters. The number of rotatable bonds is 2. The summed E-state index contributed by atoms with van der Waals surface area (Å²) < 4.78 is 29.3. The van der Waals surface area contributed by atoms with Crippen molar-refractivity contribution in [3.05, 3.63) is 52.3 Å². The van der Waals surface area contributed by atoms with Crippen LogP contribution in [0.15, 0.2) is 41.4 Å². The van der Waals surface area contributed by atoms with Crippen molar-refractivity contribution in [3.8, 4) is 0 Å². The molecule has 0 bridgehead atoms. The van der Waals surface area contributed by atoms with Crippen LogP contribution in [0.25, 0.3) is 0 Å². The number of benzene rings is 1. The summed E-state index contributed by atoms with van der Waals surface area (Å²) in [6.45, 7) is 2.92. The van der Waals surface area contributed by atoms with Crippen LogP contribution in [0.2, 0.25) is 10.0 Å². The second-order valence-electron chi connectivity index (χ2n) is 4.97. The molecule has 112 valence electrons. The molecule has 4 nitrogen and oxygen atoms in total. The molecular formula is C14H14Cl2N2O2S. The fraction of sp³-hybridized carbons (Fsp3) is 0.286. The van der Waals surface area contributed by atoms with E-state index in [1.54, 1.807) is 12.1 Å². The lowest BCUT2D eigenvalue weighted by molar-refractivity contribution is 0.282. The van der Waals surface area contributed by atoms with E-state index in [-0.39, 0.29) is 21.0 Å². The highest BCUT2D eigenvalue weighted by atomic mass is 35.5. The van der Waals surface area contributed by atoms with Gasteiger partial charge in [0.2, 0.25) is 10.0 Å². The van der Waals surface area contributed by atoms with E-state index in [0.717, 1.165) is 5.69 Å². The Hall–Kier alpha value is -1.01. The van der Waals surface area contributed by atoms with Crippen LogP contribution in [0.4, 0.5) is 0 Å². The van der Waals surface area contributed by atoms with E-state index in [9.17, 15) is 8.42 Å². The molecule has 2 aromatic rings. The summed E-state index contributed by atoms with van der Waals surface area (Å²) in [6, 6.07) is 8.28. The summed E-state index contributed by atoms with van der Waals surface area (Å²) in [6.07, 6.45) is 1.96. The molecule has 0 saturated heterocycles. The number of hydrogen-bond donors (Lipinski definition) is 0. The van der Waals surface area contributed by atoms with Gasteiger partial charge in [-0.1, -0.05) is 29.3 Å². The summed E-state index contributed by atoms with van der Waals surface area (Å²) >= 11 is 12.0. The van der Waals surface area contributed by atoms with Gasteiger partial charge in [0.05, 0.1) is 16.1 Å². The quantitative estimate of drug-likeness (QED) is 0.835. The lowest BCUT2D eigenvalue weighted by Crippen LogP contribution is -2.40. The second kappa shape index (κ2) is 5.32. The SMILES string of the molecule is CC1c2cccn2CCN1S(=O)(=O)c1cccc(Cl)c1Cl. The molecule has 0 saturated carbocycles. The van der Waals surface area contributed by atoms with Crippen LogP contribution in [0.1, 0.15) is 18.7 Å². The first kappa shape index (κ1) is 14.9. The molecule has 0 N–H and O–H groups in total. The molecule has 3 rings (SSSR count). The van der Waals surface area contributed by atoms with Crippen LogP contribution < -0.4 is 0 Å². The fourth-order valence-corrected chi connectivity index (χ4v) is 5.03. The summed E-state index contributed by atoms with van der Waals surface area (Å²) in [5, 5.41) is 0.318. The minimum atomic E-state index is -3.68. The van der Waals surface area contributed by atoms with Crippen molar-refractivity contribution in [2.45, 2.75) is 24.4 Å². The maximum atomic E-state index is 12.9. The molecule has 0 fully saturated rings. The number of halogens is 2. The molecule has 21 heavy (non-hydrogen) atoms. The van der Waals surface area contributed by atoms with Crippen LogP contribution in [0.5, 0.6) is 0 Å². The highest BCUT2D eigenvalue weighted by molar-refractivity contribution is 7.89. The maximum Gasteiger partial charge on any atom is 0.245 e. The Morgan fingerprint density at radius 2 is 1.90 bits per heavy atom. The van der Waals surface area contributed by atoms with Crippen LogP contribution >= 0.6 is 23.2 Å². The smallest absolute Gasteiger partial charge is 0.245 e. The summed E-state index contributed by atoms with van der Waals surface area (Å²) in [5.41, 5.74) is 0.975. The molecule has 0 radical (unpaired) electrons. The van der Waals surface area contributed by atoms with E-state index in [1.807, 2.05) is 25.3 Å². The van der Waals surface area contributed by atoms with Crippen molar-refractivity contribution in [1.29, 1.82) is 0 Å². The van der Waals surface area contributed by atoms with E-state index < -0.39 is 10.0 Å². The minimum absolute atomic E-state index is 0.0588. The Balaban J connectivity index is 2.06. The summed E-state index contributed by atoms with van der Waals surface area (Å²) in [7, 11) is -3.68. The molecule has 0 spiro atoms. The number of aromatic nitrogens is 1. The van der Waals surface area contributed by atoms with E-state index >= 15 is 0 Å². The maximum absolute atomic E-state index is 12.9. The molecule has 0 amide bonds. The summed E-state index contributed by atoms with van der Waals surface area (Å²) in [5.74, 6) is 0. The van der Waals surface area contributed by atoms with Gasteiger partial charge in [0.15, 0.2) is 0 Å². The Labute approximate surface area is 133 Å². The Bertz CT molecular complexity index is 786. The third-order valence-electron chi connectivity index (χ3n) is 3.79. The van der Waals surface area contributed by atoms with Gasteiger partial charge < -0.3 is 4.57 Å². The average molecular weight is 345 g/mol. The number of hydrogen-bond acceptors (Lipinski definition) is 2. The molecule has 1 aliphatic rings. The van der Waals surface area contributed by atoms with Crippen LogP contribution in [-0.2, 0) is 16.6 Å². The monoisotopic (exact) mass is 344 g/mol. The van der Waals surface area contributed by atoms with Crippen molar-refractivity contribution in [2.75, 3.05) is 6.54 Å². The van der Waals surface area contributed by atoms with Gasteiger partial charge in [0, 0.05) is 25.0 Å². The lowest BCUT2D eigenvalue weighted by atomic mass is 10.2. The predicted molar refractivity (Wildman–Crippen MR) is 83.2 cm³/mol. The van der Waals surface area contributed by atoms with E-state index in [0.29, 0.717) is 13.1 Å². The largest absolute Gasteiger partial charge is 0.349 e. The van der Waals surface area contributed by atoms with E-state index in [4.69, 9.17) is 23.2 Å². The van der Waals surface area contributed by atoms with E-state index in [1.165, 1.54) is 10.4 Å². The van der Waals surface area contributed by atoms with Crippen LogP contribution in [-0.4, -0.2) is 23.8 Å². The van der Waals surface area contributed by atoms with Gasteiger partial charge in [-0.05, 0) is 31.2 Å². The number of nitrogens with zero attached hydrogens (tertiary/aromatic N) is 2. The predicted octanol–water partition coefficient (Wildman–Crippen LogP) is 3.56. The Morgan fingerprint density at radius 1 is 1.14 bits per heavy atom. The zero-order valence-corrected chi connectivity index (χ0v) is 13.7. The normalized spacial score (nSPS) is 19.5. The van der Waals surface area contributed by atoms with Crippen molar-refractivity contribution in [3.63, 3.8) is 0 Å². The third kappa shape index (κ3) is 2.38. The van der Waals surface area contributed by atoms with Crippen LogP contribution in [0, 0.1) is 0 Å². The van der Waals surface area contributed by atoms with Crippen LogP contribution in [0.3, 0.4) is 0 Å². The van der Waals surface area contributed by atoms with Gasteiger partial charge in [0.1, 0.15) is 4.90 Å². The zero-order valence-electron chi connectivity index (χ0n) is 11.3. The molecule has 1 aromatic carbocycles. The average Bonchev–Trinajstić information content (AvgIpc) is 2.91. The molecule has 7 heteroatoms. The topological polar surface area (TPSA) is 42.3 Å². The van der Waals surface area contributed by atoms with Gasteiger partial charge in [-0.3, -0.25) is 0 Å². The van der Waals surface area contributed by atoms with Crippen molar-refractivity contribution in [2.24, 2.45) is 0 Å². The Morgan fingerprint density at radius 3 is 2.67 bits per heavy atom. The van der Waals surface area contributed by atoms with Gasteiger partial charge in [-0.25, -0.2) is 8.42 Å². The molecule has 1 aromatic heterocycles. The van der Waals surface area contributed by atoms with Crippen molar-refractivity contribution < 1.29 is 8.42 Å². The minimum Gasteiger partial charge on any atom is -0.349 e. The zero-order chi connectivity index (χ0) is 15.2. The summed E-state index contributed by atoms with van der Waals surface area (Å²) in [4.78, 5) is 0.0588. The van der Waals surface area contributed by atoms with Gasteiger partial charge in [-0.15, -0.1) is 0 Å². The third-order valence-corrected chi connectivity index (χ3v) is 6.73. The van der Waals surface area contributed by atoms with E-state index in [2.05, 4.69) is 4.57 Å². The first-order valence-corrected chi connectivity index (χ1v) is 8.73. The second-order valence-corrected chi connectivity index (χ2v) is 7.61. The lowest BCUT2D eigenvalue weighted by Gasteiger charge is -2.34. The van der Waals surface area contributed by atoms with Gasteiger partial charge in [-0.2, -0.15) is 4.31 Å². The highest BCUT2D eigenvalue weighted by Gasteiger charge is 2.35. The fourth-order valence-electron chi connectivity index (χ4n) is 2.70. The molecule has 2 heterocycles.